The second kappa shape index (κ2) is 14.5. The number of hydrazone groups is 1. The van der Waals surface area contributed by atoms with E-state index in [1.807, 2.05) is 63.2 Å². The van der Waals surface area contributed by atoms with Crippen LogP contribution in [-0.4, -0.2) is 37.1 Å². The first-order chi connectivity index (χ1) is 19.2. The monoisotopic (exact) mass is 544 g/mol. The minimum absolute atomic E-state index is 0.200. The topological polar surface area (TPSA) is 118 Å². The van der Waals surface area contributed by atoms with Gasteiger partial charge in [0.25, 0.3) is 5.91 Å². The normalized spacial score (nSPS) is 10.8. The molecule has 3 amide bonds. The van der Waals surface area contributed by atoms with Crippen LogP contribution >= 0.6 is 0 Å². The van der Waals surface area contributed by atoms with E-state index in [-0.39, 0.29) is 19.1 Å². The molecule has 0 unspecified atom stereocenters. The highest BCUT2D eigenvalue weighted by molar-refractivity contribution is 6.35. The van der Waals surface area contributed by atoms with Gasteiger partial charge < -0.3 is 20.1 Å². The first-order valence-electron chi connectivity index (χ1n) is 13.1. The zero-order valence-corrected chi connectivity index (χ0v) is 23.5. The van der Waals surface area contributed by atoms with Crippen molar-refractivity contribution in [3.8, 4) is 11.5 Å². The van der Waals surface area contributed by atoms with Crippen LogP contribution in [0.3, 0.4) is 0 Å². The van der Waals surface area contributed by atoms with Gasteiger partial charge in [-0.05, 0) is 72.7 Å². The van der Waals surface area contributed by atoms with E-state index in [2.05, 4.69) is 35.0 Å². The van der Waals surface area contributed by atoms with Crippen LogP contribution in [0, 0.1) is 13.8 Å². The Bertz CT molecular complexity index is 1350. The Labute approximate surface area is 235 Å². The molecule has 3 rings (SSSR count). The minimum Gasteiger partial charge on any atom is -0.490 e. The number of carbonyl (C=O) groups is 3. The summed E-state index contributed by atoms with van der Waals surface area (Å²) in [7, 11) is 0. The van der Waals surface area contributed by atoms with Crippen molar-refractivity contribution in [1.29, 1.82) is 0 Å². The number of aryl methyl sites for hydroxylation is 2. The van der Waals surface area contributed by atoms with Gasteiger partial charge in [-0.15, -0.1) is 0 Å². The Hall–Kier alpha value is -4.66. The third-order valence-corrected chi connectivity index (χ3v) is 6.06. The maximum absolute atomic E-state index is 12.5. The maximum atomic E-state index is 12.5. The quantitative estimate of drug-likeness (QED) is 0.185. The standard InChI is InChI=1S/C31H36N4O5/c1-6-39-27-16-24(12-15-26(27)40-19-28(36)34-29-21(4)8-7-9-22(29)5)18-33-35-31(38)30(37)32-17-23-10-13-25(14-11-23)20(2)3/h7-16,18,20H,6,17,19H2,1-5H3,(H,32,37)(H,34,36)(H,35,38)/b33-18-. The summed E-state index contributed by atoms with van der Waals surface area (Å²) >= 11 is 0. The van der Waals surface area contributed by atoms with Gasteiger partial charge in [0, 0.05) is 12.2 Å². The first-order valence-corrected chi connectivity index (χ1v) is 13.1. The zero-order valence-electron chi connectivity index (χ0n) is 23.5. The molecule has 0 aliphatic carbocycles. The van der Waals surface area contributed by atoms with Gasteiger partial charge >= 0.3 is 11.8 Å². The van der Waals surface area contributed by atoms with Crippen LogP contribution in [0.15, 0.2) is 65.8 Å². The van der Waals surface area contributed by atoms with E-state index in [0.717, 1.165) is 22.4 Å². The van der Waals surface area contributed by atoms with Crippen LogP contribution in [-0.2, 0) is 20.9 Å². The number of ether oxygens (including phenoxy) is 2. The summed E-state index contributed by atoms with van der Waals surface area (Å²) in [6.07, 6.45) is 1.38. The van der Waals surface area contributed by atoms with E-state index in [1.165, 1.54) is 11.8 Å². The Morgan fingerprint density at radius 3 is 2.25 bits per heavy atom. The van der Waals surface area contributed by atoms with Gasteiger partial charge in [-0.25, -0.2) is 5.43 Å². The number of carbonyl (C=O) groups excluding carboxylic acids is 3. The molecule has 0 aliphatic heterocycles. The summed E-state index contributed by atoms with van der Waals surface area (Å²) in [6, 6.07) is 18.7. The lowest BCUT2D eigenvalue weighted by atomic mass is 10.0. The van der Waals surface area contributed by atoms with Gasteiger partial charge in [0.15, 0.2) is 18.1 Å². The number of para-hydroxylation sites is 1. The minimum atomic E-state index is -0.880. The van der Waals surface area contributed by atoms with Gasteiger partial charge in [0.05, 0.1) is 12.8 Å². The third-order valence-electron chi connectivity index (χ3n) is 6.06. The van der Waals surface area contributed by atoms with Gasteiger partial charge in [-0.1, -0.05) is 56.3 Å². The lowest BCUT2D eigenvalue weighted by molar-refractivity contribution is -0.139. The molecular weight excluding hydrogens is 508 g/mol. The molecule has 40 heavy (non-hydrogen) atoms. The van der Waals surface area contributed by atoms with Gasteiger partial charge in [0.2, 0.25) is 0 Å². The SMILES string of the molecule is CCOc1cc(/C=N\NC(=O)C(=O)NCc2ccc(C(C)C)cc2)ccc1OCC(=O)Nc1c(C)cccc1C. The van der Waals surface area contributed by atoms with Gasteiger partial charge in [-0.3, -0.25) is 14.4 Å². The molecule has 3 N–H and O–H groups in total. The molecule has 9 heteroatoms. The van der Waals surface area contributed by atoms with Crippen LogP contribution < -0.4 is 25.5 Å². The highest BCUT2D eigenvalue weighted by Gasteiger charge is 2.13. The molecule has 0 fully saturated rings. The molecule has 3 aromatic carbocycles. The molecule has 210 valence electrons. The summed E-state index contributed by atoms with van der Waals surface area (Å²) < 4.78 is 11.4. The highest BCUT2D eigenvalue weighted by Crippen LogP contribution is 2.28. The van der Waals surface area contributed by atoms with Crippen molar-refractivity contribution >= 4 is 29.6 Å². The average molecular weight is 545 g/mol. The molecule has 0 bridgehead atoms. The zero-order chi connectivity index (χ0) is 29.1. The summed E-state index contributed by atoms with van der Waals surface area (Å²) in [6.45, 7) is 10.3. The number of hydrogen-bond donors (Lipinski definition) is 3. The average Bonchev–Trinajstić information content (AvgIpc) is 2.93. The molecule has 0 saturated heterocycles. The van der Waals surface area contributed by atoms with Crippen LogP contribution in [0.5, 0.6) is 11.5 Å². The number of anilines is 1. The number of nitrogens with zero attached hydrogens (tertiary/aromatic N) is 1. The molecule has 9 nitrogen and oxygen atoms in total. The van der Waals surface area contributed by atoms with E-state index in [9.17, 15) is 14.4 Å². The molecule has 0 spiro atoms. The summed E-state index contributed by atoms with van der Waals surface area (Å²) in [4.78, 5) is 36.7. The van der Waals surface area contributed by atoms with Crippen LogP contribution in [0.4, 0.5) is 5.69 Å². The second-order valence-electron chi connectivity index (χ2n) is 9.52. The fourth-order valence-electron chi connectivity index (χ4n) is 3.82. The van der Waals surface area contributed by atoms with Crippen molar-refractivity contribution in [1.82, 2.24) is 10.7 Å². The van der Waals surface area contributed by atoms with E-state index < -0.39 is 11.8 Å². The Kier molecular flexibility index (Phi) is 10.8. The fraction of sp³-hybridized carbons (Fsp3) is 0.290. The number of amides is 3. The van der Waals surface area contributed by atoms with Gasteiger partial charge in [0.1, 0.15) is 0 Å². The number of hydrogen-bond acceptors (Lipinski definition) is 6. The van der Waals surface area contributed by atoms with E-state index >= 15 is 0 Å². The van der Waals surface area contributed by atoms with Crippen LogP contribution in [0.25, 0.3) is 0 Å². The predicted molar refractivity (Wildman–Crippen MR) is 156 cm³/mol. The second-order valence-corrected chi connectivity index (χ2v) is 9.52. The van der Waals surface area contributed by atoms with E-state index in [1.54, 1.807) is 18.2 Å². The van der Waals surface area contributed by atoms with Crippen molar-refractivity contribution in [2.75, 3.05) is 18.5 Å². The summed E-state index contributed by atoms with van der Waals surface area (Å²) in [5.74, 6) is -0.739. The molecule has 0 atom stereocenters. The lowest BCUT2D eigenvalue weighted by Gasteiger charge is -2.14. The Morgan fingerprint density at radius 1 is 0.900 bits per heavy atom. The van der Waals surface area contributed by atoms with Crippen molar-refractivity contribution in [3.63, 3.8) is 0 Å². The van der Waals surface area contributed by atoms with E-state index in [4.69, 9.17) is 9.47 Å². The summed E-state index contributed by atoms with van der Waals surface area (Å²) in [5.41, 5.74) is 7.61. The molecule has 0 saturated carbocycles. The number of nitrogens with one attached hydrogen (secondary N) is 3. The fourth-order valence-corrected chi connectivity index (χ4v) is 3.82. The Balaban J connectivity index is 1.52. The molecular formula is C31H36N4O5. The summed E-state index contributed by atoms with van der Waals surface area (Å²) in [5, 5.41) is 9.34. The predicted octanol–water partition coefficient (Wildman–Crippen LogP) is 4.61. The van der Waals surface area contributed by atoms with Crippen molar-refractivity contribution < 1.29 is 23.9 Å². The van der Waals surface area contributed by atoms with Gasteiger partial charge in [-0.2, -0.15) is 5.10 Å². The number of benzene rings is 3. The molecule has 3 aromatic rings. The van der Waals surface area contributed by atoms with Crippen molar-refractivity contribution in [2.24, 2.45) is 5.10 Å². The highest BCUT2D eigenvalue weighted by atomic mass is 16.5. The number of rotatable bonds is 11. The lowest BCUT2D eigenvalue weighted by Crippen LogP contribution is -2.37. The molecule has 0 aromatic heterocycles. The van der Waals surface area contributed by atoms with Crippen LogP contribution in [0.2, 0.25) is 0 Å². The Morgan fingerprint density at radius 2 is 1.60 bits per heavy atom. The van der Waals surface area contributed by atoms with Crippen LogP contribution in [0.1, 0.15) is 54.5 Å². The van der Waals surface area contributed by atoms with E-state index in [0.29, 0.717) is 29.6 Å². The first kappa shape index (κ1) is 29.9. The molecule has 0 radical (unpaired) electrons. The maximum Gasteiger partial charge on any atom is 0.329 e. The van der Waals surface area contributed by atoms with Crippen molar-refractivity contribution in [3.05, 3.63) is 88.5 Å². The van der Waals surface area contributed by atoms with Crippen molar-refractivity contribution in [2.45, 2.75) is 47.1 Å². The molecule has 0 heterocycles. The largest absolute Gasteiger partial charge is 0.490 e. The molecule has 0 aliphatic rings. The smallest absolute Gasteiger partial charge is 0.329 e. The third kappa shape index (κ3) is 8.69.